The van der Waals surface area contributed by atoms with Crippen LogP contribution in [0.15, 0.2) is 24.3 Å². The van der Waals surface area contributed by atoms with Gasteiger partial charge in [0, 0.05) is 19.1 Å². The van der Waals surface area contributed by atoms with Gasteiger partial charge in [0.15, 0.2) is 0 Å². The van der Waals surface area contributed by atoms with Crippen LogP contribution in [0, 0.1) is 11.3 Å². The largest absolute Gasteiger partial charge is 0.378 e. The van der Waals surface area contributed by atoms with E-state index >= 15 is 0 Å². The first-order chi connectivity index (χ1) is 13.4. The normalized spacial score (nSPS) is 23.2. The summed E-state index contributed by atoms with van der Waals surface area (Å²) in [5, 5.41) is 6.10. The summed E-state index contributed by atoms with van der Waals surface area (Å²) in [7, 11) is 0. The summed E-state index contributed by atoms with van der Waals surface area (Å²) in [6.07, 6.45) is 4.51. The van der Waals surface area contributed by atoms with Crippen molar-refractivity contribution in [3.63, 3.8) is 0 Å². The van der Waals surface area contributed by atoms with Crippen LogP contribution in [0.4, 0.5) is 10.5 Å². The third kappa shape index (κ3) is 5.04. The van der Waals surface area contributed by atoms with Crippen LogP contribution in [0.2, 0.25) is 0 Å². The topological polar surface area (TPSA) is 70.7 Å². The number of hydrogen-bond acceptors (Lipinski definition) is 3. The van der Waals surface area contributed by atoms with E-state index in [1.54, 1.807) is 17.0 Å². The Kier molecular flexibility index (Phi) is 6.60. The molecular weight excluding hydrogens is 354 g/mol. The van der Waals surface area contributed by atoms with Crippen LogP contribution in [0.1, 0.15) is 56.8 Å². The van der Waals surface area contributed by atoms with E-state index < -0.39 is 0 Å². The molecule has 1 aromatic carbocycles. The van der Waals surface area contributed by atoms with Gasteiger partial charge in [0.05, 0.1) is 24.5 Å². The Morgan fingerprint density at radius 2 is 1.75 bits per heavy atom. The molecule has 154 valence electrons. The number of anilines is 1. The van der Waals surface area contributed by atoms with Gasteiger partial charge in [-0.25, -0.2) is 4.79 Å². The number of benzene rings is 1. The van der Waals surface area contributed by atoms with Crippen molar-refractivity contribution in [1.29, 1.82) is 0 Å². The van der Waals surface area contributed by atoms with E-state index in [-0.39, 0.29) is 23.4 Å². The molecule has 3 rings (SSSR count). The highest BCUT2D eigenvalue weighted by Crippen LogP contribution is 2.38. The Morgan fingerprint density at radius 1 is 1.07 bits per heavy atom. The minimum Gasteiger partial charge on any atom is -0.378 e. The fraction of sp³-hybridized carbons (Fsp3) is 0.636. The highest BCUT2D eigenvalue weighted by atomic mass is 16.5. The molecule has 3 amide bonds. The van der Waals surface area contributed by atoms with Gasteiger partial charge in [-0.3, -0.25) is 4.79 Å². The van der Waals surface area contributed by atoms with Gasteiger partial charge >= 0.3 is 6.03 Å². The molecule has 1 aliphatic heterocycles. The second kappa shape index (κ2) is 8.95. The van der Waals surface area contributed by atoms with Gasteiger partial charge in [0.2, 0.25) is 0 Å². The number of amides is 3. The highest BCUT2D eigenvalue weighted by Gasteiger charge is 2.35. The molecule has 1 aromatic rings. The van der Waals surface area contributed by atoms with Crippen LogP contribution in [-0.2, 0) is 4.74 Å². The zero-order chi connectivity index (χ0) is 20.1. The molecule has 0 aromatic heterocycles. The van der Waals surface area contributed by atoms with Gasteiger partial charge in [-0.05, 0) is 36.3 Å². The predicted octanol–water partition coefficient (Wildman–Crippen LogP) is 3.89. The number of rotatable bonds is 3. The SMILES string of the molecule is CC(C)(C)[C@H]1CCCC[C@H]1NC(=O)Nc1ccccc1C(=O)N1CCOCC1. The van der Waals surface area contributed by atoms with Crippen molar-refractivity contribution in [3.05, 3.63) is 29.8 Å². The van der Waals surface area contributed by atoms with Crippen molar-refractivity contribution >= 4 is 17.6 Å². The Balaban J connectivity index is 1.68. The lowest BCUT2D eigenvalue weighted by Gasteiger charge is -2.40. The Labute approximate surface area is 168 Å². The third-order valence-corrected chi connectivity index (χ3v) is 5.90. The summed E-state index contributed by atoms with van der Waals surface area (Å²) in [5.74, 6) is 0.390. The fourth-order valence-electron chi connectivity index (χ4n) is 4.38. The summed E-state index contributed by atoms with van der Waals surface area (Å²) in [5.41, 5.74) is 1.23. The molecule has 1 saturated carbocycles. The molecule has 2 fully saturated rings. The van der Waals surface area contributed by atoms with Gasteiger partial charge in [-0.2, -0.15) is 0 Å². The number of nitrogens with zero attached hydrogens (tertiary/aromatic N) is 1. The maximum absolute atomic E-state index is 12.9. The van der Waals surface area contributed by atoms with E-state index in [0.717, 1.165) is 19.3 Å². The summed E-state index contributed by atoms with van der Waals surface area (Å²) < 4.78 is 5.33. The predicted molar refractivity (Wildman–Crippen MR) is 111 cm³/mol. The van der Waals surface area contributed by atoms with Crippen molar-refractivity contribution in [1.82, 2.24) is 10.2 Å². The Bertz CT molecular complexity index is 693. The smallest absolute Gasteiger partial charge is 0.319 e. The van der Waals surface area contributed by atoms with Crippen LogP contribution in [0.3, 0.4) is 0 Å². The zero-order valence-electron chi connectivity index (χ0n) is 17.3. The molecule has 0 unspecified atom stereocenters. The average Bonchev–Trinajstić information content (AvgIpc) is 2.68. The van der Waals surface area contributed by atoms with Crippen molar-refractivity contribution in [2.45, 2.75) is 52.5 Å². The van der Waals surface area contributed by atoms with Crippen molar-refractivity contribution in [2.75, 3.05) is 31.6 Å². The maximum Gasteiger partial charge on any atom is 0.319 e. The second-order valence-corrected chi connectivity index (χ2v) is 8.91. The van der Waals surface area contributed by atoms with Gasteiger partial charge in [0.1, 0.15) is 0 Å². The molecule has 28 heavy (non-hydrogen) atoms. The van der Waals surface area contributed by atoms with E-state index in [1.165, 1.54) is 6.42 Å². The number of hydrogen-bond donors (Lipinski definition) is 2. The molecule has 1 heterocycles. The lowest BCUT2D eigenvalue weighted by Crippen LogP contribution is -2.48. The summed E-state index contributed by atoms with van der Waals surface area (Å²) in [6, 6.07) is 7.15. The number of morpholine rings is 1. The van der Waals surface area contributed by atoms with Crippen molar-refractivity contribution < 1.29 is 14.3 Å². The van der Waals surface area contributed by atoms with Crippen molar-refractivity contribution in [2.24, 2.45) is 11.3 Å². The van der Waals surface area contributed by atoms with Gasteiger partial charge in [0.25, 0.3) is 5.91 Å². The number of ether oxygens (including phenoxy) is 1. The quantitative estimate of drug-likeness (QED) is 0.827. The van der Waals surface area contributed by atoms with E-state index in [0.29, 0.717) is 43.5 Å². The minimum absolute atomic E-state index is 0.0653. The molecule has 1 aliphatic carbocycles. The van der Waals surface area contributed by atoms with Crippen molar-refractivity contribution in [3.8, 4) is 0 Å². The van der Waals surface area contributed by atoms with Gasteiger partial charge in [-0.1, -0.05) is 45.7 Å². The molecule has 6 heteroatoms. The van der Waals surface area contributed by atoms with E-state index in [4.69, 9.17) is 4.74 Å². The summed E-state index contributed by atoms with van der Waals surface area (Å²) in [6.45, 7) is 8.99. The molecule has 0 bridgehead atoms. The zero-order valence-corrected chi connectivity index (χ0v) is 17.3. The van der Waals surface area contributed by atoms with E-state index in [2.05, 4.69) is 31.4 Å². The molecule has 0 radical (unpaired) electrons. The molecule has 0 spiro atoms. The molecule has 2 N–H and O–H groups in total. The van der Waals surface area contributed by atoms with E-state index in [9.17, 15) is 9.59 Å². The van der Waals surface area contributed by atoms with E-state index in [1.807, 2.05) is 12.1 Å². The molecule has 2 atom stereocenters. The van der Waals surface area contributed by atoms with Gasteiger partial charge in [-0.15, -0.1) is 0 Å². The number of carbonyl (C=O) groups is 2. The fourth-order valence-corrected chi connectivity index (χ4v) is 4.38. The Hall–Kier alpha value is -2.08. The molecule has 1 saturated heterocycles. The Morgan fingerprint density at radius 3 is 2.46 bits per heavy atom. The lowest BCUT2D eigenvalue weighted by atomic mass is 9.69. The third-order valence-electron chi connectivity index (χ3n) is 5.90. The average molecular weight is 388 g/mol. The van der Waals surface area contributed by atoms with Crippen LogP contribution in [0.5, 0.6) is 0 Å². The van der Waals surface area contributed by atoms with Crippen LogP contribution < -0.4 is 10.6 Å². The lowest BCUT2D eigenvalue weighted by molar-refractivity contribution is 0.0303. The number of para-hydroxylation sites is 1. The van der Waals surface area contributed by atoms with Gasteiger partial charge < -0.3 is 20.3 Å². The first-order valence-electron chi connectivity index (χ1n) is 10.4. The maximum atomic E-state index is 12.9. The molecular formula is C22H33N3O3. The molecule has 2 aliphatic rings. The second-order valence-electron chi connectivity index (χ2n) is 8.91. The first kappa shape index (κ1) is 20.6. The molecule has 6 nitrogen and oxygen atoms in total. The number of nitrogens with one attached hydrogen (secondary N) is 2. The standard InChI is InChI=1S/C22H33N3O3/c1-22(2,3)17-9-5-7-11-19(17)24-21(27)23-18-10-6-4-8-16(18)20(26)25-12-14-28-15-13-25/h4,6,8,10,17,19H,5,7,9,11-15H2,1-3H3,(H2,23,24,27)/t17-,19+/m0/s1. The minimum atomic E-state index is -0.233. The monoisotopic (exact) mass is 387 g/mol. The van der Waals surface area contributed by atoms with Crippen LogP contribution in [-0.4, -0.2) is 49.2 Å². The summed E-state index contributed by atoms with van der Waals surface area (Å²) in [4.78, 5) is 27.4. The first-order valence-corrected chi connectivity index (χ1v) is 10.4. The van der Waals surface area contributed by atoms with Crippen LogP contribution in [0.25, 0.3) is 0 Å². The summed E-state index contributed by atoms with van der Waals surface area (Å²) >= 11 is 0. The van der Waals surface area contributed by atoms with Crippen LogP contribution >= 0.6 is 0 Å². The number of carbonyl (C=O) groups excluding carboxylic acids is 2. The number of urea groups is 1. The highest BCUT2D eigenvalue weighted by molar-refractivity contribution is 6.03.